The van der Waals surface area contributed by atoms with Gasteiger partial charge in [-0.05, 0) is 18.2 Å². The van der Waals surface area contributed by atoms with Crippen molar-refractivity contribution in [2.45, 2.75) is 0 Å². The van der Waals surface area contributed by atoms with Crippen molar-refractivity contribution in [3.63, 3.8) is 0 Å². The van der Waals surface area contributed by atoms with Crippen molar-refractivity contribution in [1.82, 2.24) is 4.98 Å². The molecule has 1 aromatic heterocycles. The number of ketones is 1. The molecule has 20 heavy (non-hydrogen) atoms. The van der Waals surface area contributed by atoms with Crippen LogP contribution in [-0.2, 0) is 0 Å². The predicted molar refractivity (Wildman–Crippen MR) is 76.6 cm³/mol. The fourth-order valence-corrected chi connectivity index (χ4v) is 2.31. The summed E-state index contributed by atoms with van der Waals surface area (Å²) in [6, 6.07) is 14.7. The Balaban J connectivity index is 2.21. The number of rotatable bonds is 2. The van der Waals surface area contributed by atoms with Gasteiger partial charge in [0.2, 0.25) is 5.95 Å². The van der Waals surface area contributed by atoms with E-state index < -0.39 is 5.95 Å². The monoisotopic (exact) mass is 285 g/mol. The maximum atomic E-state index is 13.6. The molecule has 3 aromatic rings. The first-order valence-corrected chi connectivity index (χ1v) is 6.38. The van der Waals surface area contributed by atoms with Crippen LogP contribution in [0.5, 0.6) is 0 Å². The van der Waals surface area contributed by atoms with Crippen molar-refractivity contribution in [3.05, 3.63) is 76.7 Å². The molecule has 0 bridgehead atoms. The summed E-state index contributed by atoms with van der Waals surface area (Å²) in [5.74, 6) is -0.945. The van der Waals surface area contributed by atoms with Crippen molar-refractivity contribution in [2.75, 3.05) is 0 Å². The second-order valence-electron chi connectivity index (χ2n) is 4.35. The van der Waals surface area contributed by atoms with E-state index in [-0.39, 0.29) is 11.3 Å². The van der Waals surface area contributed by atoms with E-state index in [2.05, 4.69) is 4.98 Å². The van der Waals surface area contributed by atoms with Crippen molar-refractivity contribution in [2.24, 2.45) is 0 Å². The number of carbonyl (C=O) groups is 1. The van der Waals surface area contributed by atoms with E-state index in [1.165, 1.54) is 0 Å². The maximum Gasteiger partial charge on any atom is 0.214 e. The quantitative estimate of drug-likeness (QED) is 0.520. The highest BCUT2D eigenvalue weighted by molar-refractivity contribution is 6.31. The van der Waals surface area contributed by atoms with Gasteiger partial charge < -0.3 is 0 Å². The number of hydrogen-bond donors (Lipinski definition) is 0. The topological polar surface area (TPSA) is 30.0 Å². The third kappa shape index (κ3) is 2.28. The number of halogens is 2. The molecule has 0 N–H and O–H groups in total. The van der Waals surface area contributed by atoms with Gasteiger partial charge >= 0.3 is 0 Å². The summed E-state index contributed by atoms with van der Waals surface area (Å²) in [5, 5.41) is 1.09. The van der Waals surface area contributed by atoms with Crippen LogP contribution in [0, 0.1) is 5.95 Å². The van der Waals surface area contributed by atoms with Gasteiger partial charge in [-0.1, -0.05) is 41.9 Å². The molecular weight excluding hydrogens is 277 g/mol. The van der Waals surface area contributed by atoms with Crippen LogP contribution in [0.4, 0.5) is 4.39 Å². The number of para-hydroxylation sites is 1. The zero-order valence-electron chi connectivity index (χ0n) is 10.3. The molecule has 0 unspecified atom stereocenters. The molecule has 3 rings (SSSR count). The Bertz CT molecular complexity index is 816. The second kappa shape index (κ2) is 5.02. The molecule has 0 aliphatic rings. The standard InChI is InChI=1S/C16H9ClFNO/c17-11-5-3-4-10(8-11)16(20)13-9-15(18)19-14-7-2-1-6-12(13)14/h1-9H. The molecule has 2 aromatic carbocycles. The van der Waals surface area contributed by atoms with Crippen LogP contribution >= 0.6 is 11.6 Å². The summed E-state index contributed by atoms with van der Waals surface area (Å²) >= 11 is 5.89. The largest absolute Gasteiger partial charge is 0.289 e. The number of hydrogen-bond acceptors (Lipinski definition) is 2. The minimum atomic E-state index is -0.672. The van der Waals surface area contributed by atoms with E-state index in [1.54, 1.807) is 48.5 Å². The highest BCUT2D eigenvalue weighted by Crippen LogP contribution is 2.22. The summed E-state index contributed by atoms with van der Waals surface area (Å²) in [6.45, 7) is 0. The molecule has 4 heteroatoms. The first-order valence-electron chi connectivity index (χ1n) is 6.01. The van der Waals surface area contributed by atoms with Gasteiger partial charge in [-0.2, -0.15) is 4.39 Å². The van der Waals surface area contributed by atoms with Crippen molar-refractivity contribution in [3.8, 4) is 0 Å². The fourth-order valence-electron chi connectivity index (χ4n) is 2.12. The van der Waals surface area contributed by atoms with E-state index in [4.69, 9.17) is 11.6 Å². The molecule has 0 radical (unpaired) electrons. The molecule has 0 saturated heterocycles. The summed E-state index contributed by atoms with van der Waals surface area (Å²) in [7, 11) is 0. The average Bonchev–Trinajstić information content (AvgIpc) is 2.45. The van der Waals surface area contributed by atoms with Gasteiger partial charge in [0.25, 0.3) is 0 Å². The lowest BCUT2D eigenvalue weighted by atomic mass is 10.00. The number of pyridine rings is 1. The highest BCUT2D eigenvalue weighted by atomic mass is 35.5. The lowest BCUT2D eigenvalue weighted by Crippen LogP contribution is -2.04. The molecule has 0 fully saturated rings. The summed E-state index contributed by atoms with van der Waals surface area (Å²) < 4.78 is 13.6. The van der Waals surface area contributed by atoms with Gasteiger partial charge in [0, 0.05) is 27.6 Å². The third-order valence-corrected chi connectivity index (χ3v) is 3.25. The van der Waals surface area contributed by atoms with Gasteiger partial charge in [-0.3, -0.25) is 4.79 Å². The Labute approximate surface area is 119 Å². The SMILES string of the molecule is O=C(c1cccc(Cl)c1)c1cc(F)nc2ccccc12. The van der Waals surface area contributed by atoms with E-state index in [1.807, 2.05) is 0 Å². The summed E-state index contributed by atoms with van der Waals surface area (Å²) in [6.07, 6.45) is 0. The van der Waals surface area contributed by atoms with Crippen molar-refractivity contribution < 1.29 is 9.18 Å². The fraction of sp³-hybridized carbons (Fsp3) is 0. The van der Waals surface area contributed by atoms with Crippen LogP contribution in [0.15, 0.2) is 54.6 Å². The summed E-state index contributed by atoms with van der Waals surface area (Å²) in [5.41, 5.74) is 1.17. The number of fused-ring (bicyclic) bond motifs is 1. The average molecular weight is 286 g/mol. The zero-order valence-corrected chi connectivity index (χ0v) is 11.1. The van der Waals surface area contributed by atoms with E-state index >= 15 is 0 Å². The zero-order chi connectivity index (χ0) is 14.1. The van der Waals surface area contributed by atoms with Crippen LogP contribution in [0.25, 0.3) is 10.9 Å². The molecule has 98 valence electrons. The van der Waals surface area contributed by atoms with E-state index in [9.17, 15) is 9.18 Å². The molecular formula is C16H9ClFNO. The normalized spacial score (nSPS) is 10.7. The lowest BCUT2D eigenvalue weighted by Gasteiger charge is -2.06. The Hall–Kier alpha value is -2.26. The molecule has 0 aliphatic heterocycles. The third-order valence-electron chi connectivity index (χ3n) is 3.02. The minimum Gasteiger partial charge on any atom is -0.289 e. The molecule has 0 aliphatic carbocycles. The van der Waals surface area contributed by atoms with Crippen LogP contribution in [-0.4, -0.2) is 10.8 Å². The molecule has 0 amide bonds. The lowest BCUT2D eigenvalue weighted by molar-refractivity contribution is 0.103. The predicted octanol–water partition coefficient (Wildman–Crippen LogP) is 4.26. The van der Waals surface area contributed by atoms with Gasteiger partial charge in [-0.25, -0.2) is 4.98 Å². The number of aromatic nitrogens is 1. The van der Waals surface area contributed by atoms with Gasteiger partial charge in [-0.15, -0.1) is 0 Å². The van der Waals surface area contributed by atoms with E-state index in [0.717, 1.165) is 6.07 Å². The van der Waals surface area contributed by atoms with Gasteiger partial charge in [0.05, 0.1) is 5.52 Å². The number of nitrogens with zero attached hydrogens (tertiary/aromatic N) is 1. The molecule has 2 nitrogen and oxygen atoms in total. The van der Waals surface area contributed by atoms with E-state index in [0.29, 0.717) is 21.5 Å². The van der Waals surface area contributed by atoms with Crippen LogP contribution in [0.2, 0.25) is 5.02 Å². The van der Waals surface area contributed by atoms with Crippen LogP contribution in [0.1, 0.15) is 15.9 Å². The van der Waals surface area contributed by atoms with Crippen LogP contribution < -0.4 is 0 Å². The molecule has 0 atom stereocenters. The Morgan fingerprint density at radius 1 is 1.05 bits per heavy atom. The Kier molecular flexibility index (Phi) is 3.20. The van der Waals surface area contributed by atoms with Gasteiger partial charge in [0.1, 0.15) is 0 Å². The molecule has 0 spiro atoms. The second-order valence-corrected chi connectivity index (χ2v) is 4.79. The first-order chi connectivity index (χ1) is 9.65. The summed E-state index contributed by atoms with van der Waals surface area (Å²) in [4.78, 5) is 16.3. The van der Waals surface area contributed by atoms with Crippen molar-refractivity contribution >= 4 is 28.3 Å². The number of carbonyl (C=O) groups excluding carboxylic acids is 1. The molecule has 0 saturated carbocycles. The smallest absolute Gasteiger partial charge is 0.214 e. The van der Waals surface area contributed by atoms with Crippen molar-refractivity contribution in [1.29, 1.82) is 0 Å². The maximum absolute atomic E-state index is 13.6. The highest BCUT2D eigenvalue weighted by Gasteiger charge is 2.15. The van der Waals surface area contributed by atoms with Gasteiger partial charge in [0.15, 0.2) is 5.78 Å². The molecule has 1 heterocycles. The first kappa shape index (κ1) is 12.8. The Morgan fingerprint density at radius 3 is 2.65 bits per heavy atom. The minimum absolute atomic E-state index is 0.273. The number of benzene rings is 2. The van der Waals surface area contributed by atoms with Crippen LogP contribution in [0.3, 0.4) is 0 Å². The Morgan fingerprint density at radius 2 is 1.85 bits per heavy atom.